The molecule has 0 spiro atoms. The molecular weight excluding hydrogens is 256 g/mol. The first kappa shape index (κ1) is 16.7. The van der Waals surface area contributed by atoms with Gasteiger partial charge in [0, 0.05) is 19.7 Å². The zero-order valence-electron chi connectivity index (χ0n) is 12.8. The Bertz CT molecular complexity index is 400. The Balaban J connectivity index is 2.67. The van der Waals surface area contributed by atoms with Crippen molar-refractivity contribution in [3.8, 4) is 0 Å². The number of aliphatic hydroxyl groups excluding tert-OH is 1. The van der Waals surface area contributed by atoms with E-state index in [0.29, 0.717) is 25.3 Å². The van der Waals surface area contributed by atoms with Crippen LogP contribution < -0.4 is 0 Å². The highest BCUT2D eigenvalue weighted by molar-refractivity contribution is 5.91. The maximum absolute atomic E-state index is 12.3. The van der Waals surface area contributed by atoms with Crippen LogP contribution in [0.25, 0.3) is 0 Å². The number of carbonyl (C=O) groups excluding carboxylic acids is 1. The first-order valence-electron chi connectivity index (χ1n) is 7.37. The molecule has 1 rings (SSSR count). The normalized spacial score (nSPS) is 11.1. The van der Waals surface area contributed by atoms with E-state index in [-0.39, 0.29) is 12.5 Å². The van der Waals surface area contributed by atoms with Gasteiger partial charge in [0.05, 0.1) is 6.54 Å². The van der Waals surface area contributed by atoms with Crippen LogP contribution in [-0.2, 0) is 6.54 Å². The summed E-state index contributed by atoms with van der Waals surface area (Å²) in [5, 5.41) is 8.85. The lowest BCUT2D eigenvalue weighted by molar-refractivity contribution is 0.0718. The third kappa shape index (κ3) is 4.65. The average molecular weight is 282 g/mol. The molecule has 20 heavy (non-hydrogen) atoms. The molecule has 114 valence electrons. The summed E-state index contributed by atoms with van der Waals surface area (Å²) in [5.74, 6) is 1.09. The molecule has 5 nitrogen and oxygen atoms in total. The van der Waals surface area contributed by atoms with E-state index in [0.717, 1.165) is 25.4 Å². The zero-order chi connectivity index (χ0) is 15.0. The molecule has 0 saturated carbocycles. The van der Waals surface area contributed by atoms with Gasteiger partial charge in [0.15, 0.2) is 5.76 Å². The molecule has 1 heterocycles. The minimum Gasteiger partial charge on any atom is -0.455 e. The number of hydrogen-bond donors (Lipinski definition) is 1. The van der Waals surface area contributed by atoms with Crippen LogP contribution >= 0.6 is 0 Å². The Hall–Kier alpha value is -1.33. The Morgan fingerprint density at radius 1 is 1.20 bits per heavy atom. The van der Waals surface area contributed by atoms with E-state index in [4.69, 9.17) is 9.52 Å². The first-order valence-corrected chi connectivity index (χ1v) is 7.37. The Morgan fingerprint density at radius 3 is 2.45 bits per heavy atom. The summed E-state index contributed by atoms with van der Waals surface area (Å²) in [6.45, 7) is 10.0. The minimum absolute atomic E-state index is 0.0924. The highest BCUT2D eigenvalue weighted by Crippen LogP contribution is 2.13. The lowest BCUT2D eigenvalue weighted by atomic mass is 10.3. The van der Waals surface area contributed by atoms with E-state index in [1.807, 2.05) is 13.0 Å². The fourth-order valence-electron chi connectivity index (χ4n) is 2.07. The third-order valence-electron chi connectivity index (χ3n) is 3.40. The number of aliphatic hydroxyl groups is 1. The van der Waals surface area contributed by atoms with Crippen molar-refractivity contribution in [1.29, 1.82) is 0 Å². The van der Waals surface area contributed by atoms with Crippen LogP contribution in [0.2, 0.25) is 0 Å². The quantitative estimate of drug-likeness (QED) is 0.752. The third-order valence-corrected chi connectivity index (χ3v) is 3.40. The van der Waals surface area contributed by atoms with Gasteiger partial charge in [0.2, 0.25) is 0 Å². The van der Waals surface area contributed by atoms with Crippen molar-refractivity contribution in [3.63, 3.8) is 0 Å². The largest absolute Gasteiger partial charge is 0.455 e. The monoisotopic (exact) mass is 282 g/mol. The summed E-state index contributed by atoms with van der Waals surface area (Å²) in [4.78, 5) is 16.2. The van der Waals surface area contributed by atoms with Gasteiger partial charge >= 0.3 is 0 Å². The minimum atomic E-state index is -0.105. The van der Waals surface area contributed by atoms with E-state index in [1.54, 1.807) is 11.0 Å². The summed E-state index contributed by atoms with van der Waals surface area (Å²) < 4.78 is 5.65. The zero-order valence-corrected chi connectivity index (χ0v) is 12.8. The molecule has 0 aliphatic carbocycles. The second-order valence-electron chi connectivity index (χ2n) is 4.69. The fourth-order valence-corrected chi connectivity index (χ4v) is 2.07. The molecule has 0 aromatic carbocycles. The Kier molecular flexibility index (Phi) is 7.33. The van der Waals surface area contributed by atoms with Crippen molar-refractivity contribution in [2.75, 3.05) is 32.8 Å². The van der Waals surface area contributed by atoms with E-state index in [1.165, 1.54) is 0 Å². The van der Waals surface area contributed by atoms with Crippen LogP contribution in [0.5, 0.6) is 0 Å². The number of rotatable bonds is 9. The van der Waals surface area contributed by atoms with Crippen molar-refractivity contribution in [1.82, 2.24) is 9.80 Å². The van der Waals surface area contributed by atoms with Crippen molar-refractivity contribution < 1.29 is 14.3 Å². The summed E-state index contributed by atoms with van der Waals surface area (Å²) in [6.07, 6.45) is 0.590. The fraction of sp³-hybridized carbons (Fsp3) is 0.667. The highest BCUT2D eigenvalue weighted by Gasteiger charge is 2.18. The second-order valence-corrected chi connectivity index (χ2v) is 4.69. The molecule has 0 unspecified atom stereocenters. The number of nitrogens with zero attached hydrogens (tertiary/aromatic N) is 2. The van der Waals surface area contributed by atoms with Gasteiger partial charge in [-0.15, -0.1) is 0 Å². The lowest BCUT2D eigenvalue weighted by Gasteiger charge is -2.19. The van der Waals surface area contributed by atoms with E-state index < -0.39 is 0 Å². The van der Waals surface area contributed by atoms with Crippen LogP contribution in [0.4, 0.5) is 0 Å². The van der Waals surface area contributed by atoms with E-state index in [2.05, 4.69) is 18.7 Å². The van der Waals surface area contributed by atoms with Crippen molar-refractivity contribution in [3.05, 3.63) is 23.7 Å². The molecule has 0 fully saturated rings. The molecule has 0 aliphatic rings. The van der Waals surface area contributed by atoms with Gasteiger partial charge in [-0.1, -0.05) is 13.8 Å². The molecule has 0 atom stereocenters. The molecule has 0 radical (unpaired) electrons. The smallest absolute Gasteiger partial charge is 0.289 e. The molecule has 1 N–H and O–H groups in total. The predicted octanol–water partition coefficient (Wildman–Crippen LogP) is 1.97. The van der Waals surface area contributed by atoms with Crippen LogP contribution in [0.1, 0.15) is 43.5 Å². The SMILES string of the molecule is CCN(CC)Cc1ccc(C(=O)N(CC)CCCO)o1. The summed E-state index contributed by atoms with van der Waals surface area (Å²) in [7, 11) is 0. The Morgan fingerprint density at radius 2 is 1.90 bits per heavy atom. The number of furan rings is 1. The van der Waals surface area contributed by atoms with Gasteiger partial charge in [-0.05, 0) is 38.6 Å². The lowest BCUT2D eigenvalue weighted by Crippen LogP contribution is -2.32. The predicted molar refractivity (Wildman–Crippen MR) is 78.6 cm³/mol. The van der Waals surface area contributed by atoms with E-state index >= 15 is 0 Å². The first-order chi connectivity index (χ1) is 9.65. The second kappa shape index (κ2) is 8.76. The van der Waals surface area contributed by atoms with Crippen molar-refractivity contribution in [2.45, 2.75) is 33.7 Å². The van der Waals surface area contributed by atoms with Crippen molar-refractivity contribution in [2.24, 2.45) is 0 Å². The number of hydrogen-bond acceptors (Lipinski definition) is 4. The molecule has 1 aromatic rings. The average Bonchev–Trinajstić information content (AvgIpc) is 2.93. The maximum atomic E-state index is 12.3. The van der Waals surface area contributed by atoms with Gasteiger partial charge in [0.25, 0.3) is 5.91 Å². The summed E-state index contributed by atoms with van der Waals surface area (Å²) in [5.41, 5.74) is 0. The van der Waals surface area contributed by atoms with Gasteiger partial charge in [0.1, 0.15) is 5.76 Å². The molecular formula is C15H26N2O3. The van der Waals surface area contributed by atoms with Crippen LogP contribution in [-0.4, -0.2) is 53.6 Å². The molecule has 0 saturated heterocycles. The van der Waals surface area contributed by atoms with Crippen LogP contribution in [0.15, 0.2) is 16.5 Å². The van der Waals surface area contributed by atoms with Crippen LogP contribution in [0, 0.1) is 0 Å². The highest BCUT2D eigenvalue weighted by atomic mass is 16.4. The molecule has 0 aliphatic heterocycles. The van der Waals surface area contributed by atoms with Gasteiger partial charge in [-0.25, -0.2) is 0 Å². The van der Waals surface area contributed by atoms with Crippen molar-refractivity contribution >= 4 is 5.91 Å². The molecule has 1 amide bonds. The topological polar surface area (TPSA) is 56.9 Å². The molecule has 5 heteroatoms. The summed E-state index contributed by atoms with van der Waals surface area (Å²) >= 11 is 0. The van der Waals surface area contributed by atoms with Gasteiger partial charge < -0.3 is 14.4 Å². The Labute approximate surface area is 121 Å². The van der Waals surface area contributed by atoms with Gasteiger partial charge in [-0.2, -0.15) is 0 Å². The molecule has 1 aromatic heterocycles. The van der Waals surface area contributed by atoms with E-state index in [9.17, 15) is 4.79 Å². The number of carbonyl (C=O) groups is 1. The van der Waals surface area contributed by atoms with Gasteiger partial charge in [-0.3, -0.25) is 9.69 Å². The standard InChI is InChI=1S/C15H26N2O3/c1-4-16(5-2)12-13-8-9-14(20-13)15(19)17(6-3)10-7-11-18/h8-9,18H,4-7,10-12H2,1-3H3. The maximum Gasteiger partial charge on any atom is 0.289 e. The van der Waals surface area contributed by atoms with Crippen LogP contribution in [0.3, 0.4) is 0 Å². The molecule has 0 bridgehead atoms. The number of amides is 1. The summed E-state index contributed by atoms with van der Waals surface area (Å²) in [6, 6.07) is 3.61.